The largest absolute Gasteiger partial charge is 0.309 e. The maximum absolute atomic E-state index is 12.5. The molecule has 0 bridgehead atoms. The third-order valence-corrected chi connectivity index (χ3v) is 4.68. The fourth-order valence-corrected chi connectivity index (χ4v) is 3.12. The number of nitrogens with one attached hydrogen (secondary N) is 1. The van der Waals surface area contributed by atoms with Crippen molar-refractivity contribution in [3.8, 4) is 0 Å². The van der Waals surface area contributed by atoms with Gasteiger partial charge in [-0.05, 0) is 37.8 Å². The van der Waals surface area contributed by atoms with Gasteiger partial charge in [-0.1, -0.05) is 12.1 Å². The van der Waals surface area contributed by atoms with Gasteiger partial charge >= 0.3 is 0 Å². The van der Waals surface area contributed by atoms with Crippen molar-refractivity contribution in [2.24, 2.45) is 5.92 Å². The van der Waals surface area contributed by atoms with Gasteiger partial charge in [0.15, 0.2) is 0 Å². The van der Waals surface area contributed by atoms with Crippen LogP contribution in [0.4, 0.5) is 5.82 Å². The molecule has 1 fully saturated rings. The predicted octanol–water partition coefficient (Wildman–Crippen LogP) is 2.20. The fraction of sp³-hybridized carbons (Fsp3) is 0.333. The van der Waals surface area contributed by atoms with Crippen molar-refractivity contribution < 1.29 is 4.79 Å². The number of benzene rings is 1. The Morgan fingerprint density at radius 1 is 1.28 bits per heavy atom. The molecule has 2 aromatic heterocycles. The molecule has 3 aromatic rings. The Morgan fingerprint density at radius 2 is 2.08 bits per heavy atom. The van der Waals surface area contributed by atoms with E-state index in [1.807, 2.05) is 10.7 Å². The highest BCUT2D eigenvalue weighted by atomic mass is 16.2. The molecule has 25 heavy (non-hydrogen) atoms. The Morgan fingerprint density at radius 3 is 2.88 bits per heavy atom. The standard InChI is InChI=1S/C18H19N5O2/c1-12(13-6-7-13)23-17(8-9-19-23)21-18(25)11-22-15-5-3-2-4-14(15)16(24)10-20-22/h2-5,8-10,12-13H,6-7,11H2,1H3,(H,21,25). The molecule has 1 aliphatic rings. The molecule has 0 saturated heterocycles. The van der Waals surface area contributed by atoms with Crippen LogP contribution in [0.5, 0.6) is 0 Å². The van der Waals surface area contributed by atoms with Gasteiger partial charge in [-0.2, -0.15) is 10.2 Å². The number of fused-ring (bicyclic) bond motifs is 1. The first kappa shape index (κ1) is 15.6. The van der Waals surface area contributed by atoms with E-state index in [0.29, 0.717) is 22.6 Å². The van der Waals surface area contributed by atoms with Crippen molar-refractivity contribution in [2.75, 3.05) is 5.32 Å². The molecular weight excluding hydrogens is 318 g/mol. The molecule has 128 valence electrons. The van der Waals surface area contributed by atoms with E-state index in [0.717, 1.165) is 0 Å². The summed E-state index contributed by atoms with van der Waals surface area (Å²) >= 11 is 0. The van der Waals surface area contributed by atoms with E-state index in [1.165, 1.54) is 23.7 Å². The van der Waals surface area contributed by atoms with E-state index in [-0.39, 0.29) is 23.9 Å². The number of nitrogens with zero attached hydrogens (tertiary/aromatic N) is 4. The number of rotatable bonds is 5. The summed E-state index contributed by atoms with van der Waals surface area (Å²) in [5.41, 5.74) is 0.494. The Kier molecular flexibility index (Phi) is 3.83. The molecule has 1 N–H and O–H groups in total. The molecule has 1 unspecified atom stereocenters. The van der Waals surface area contributed by atoms with Crippen LogP contribution in [0.3, 0.4) is 0 Å². The number of hydrogen-bond donors (Lipinski definition) is 1. The maximum atomic E-state index is 12.5. The van der Waals surface area contributed by atoms with Gasteiger partial charge in [0.2, 0.25) is 11.3 Å². The van der Waals surface area contributed by atoms with Crippen LogP contribution in [-0.2, 0) is 11.3 Å². The lowest BCUT2D eigenvalue weighted by Gasteiger charge is -2.16. The molecule has 4 rings (SSSR count). The lowest BCUT2D eigenvalue weighted by Crippen LogP contribution is -2.24. The normalized spacial score (nSPS) is 15.2. The zero-order chi connectivity index (χ0) is 17.4. The molecule has 0 spiro atoms. The molecular formula is C18H19N5O2. The van der Waals surface area contributed by atoms with Gasteiger partial charge in [-0.25, -0.2) is 4.68 Å². The van der Waals surface area contributed by atoms with Crippen molar-refractivity contribution in [2.45, 2.75) is 32.4 Å². The smallest absolute Gasteiger partial charge is 0.247 e. The van der Waals surface area contributed by atoms with E-state index in [2.05, 4.69) is 22.4 Å². The molecule has 1 aliphatic carbocycles. The summed E-state index contributed by atoms with van der Waals surface area (Å²) in [6, 6.07) is 9.22. The SMILES string of the molecule is CC(C1CC1)n1nccc1NC(=O)Cn1ncc(=O)c2ccccc21. The first-order valence-corrected chi connectivity index (χ1v) is 8.42. The third-order valence-electron chi connectivity index (χ3n) is 4.68. The van der Waals surface area contributed by atoms with Crippen LogP contribution in [0.15, 0.2) is 47.5 Å². The van der Waals surface area contributed by atoms with E-state index >= 15 is 0 Å². The van der Waals surface area contributed by atoms with Crippen LogP contribution < -0.4 is 10.7 Å². The molecule has 1 amide bonds. The summed E-state index contributed by atoms with van der Waals surface area (Å²) in [7, 11) is 0. The Labute approximate surface area is 144 Å². The van der Waals surface area contributed by atoms with Crippen LogP contribution in [0.2, 0.25) is 0 Å². The Hall–Kier alpha value is -2.96. The predicted molar refractivity (Wildman–Crippen MR) is 94.3 cm³/mol. The van der Waals surface area contributed by atoms with Gasteiger partial charge in [-0.3, -0.25) is 14.3 Å². The molecule has 7 nitrogen and oxygen atoms in total. The minimum Gasteiger partial charge on any atom is -0.309 e. The summed E-state index contributed by atoms with van der Waals surface area (Å²) < 4.78 is 3.41. The number of amides is 1. The van der Waals surface area contributed by atoms with Crippen LogP contribution in [0, 0.1) is 5.92 Å². The van der Waals surface area contributed by atoms with Crippen molar-refractivity contribution >= 4 is 22.6 Å². The summed E-state index contributed by atoms with van der Waals surface area (Å²) in [5, 5.41) is 11.9. The Bertz CT molecular complexity index is 986. The monoisotopic (exact) mass is 337 g/mol. The quantitative estimate of drug-likeness (QED) is 0.774. The summed E-state index contributed by atoms with van der Waals surface area (Å²) in [5.74, 6) is 1.13. The highest BCUT2D eigenvalue weighted by Gasteiger charge is 2.30. The highest BCUT2D eigenvalue weighted by molar-refractivity contribution is 5.90. The van der Waals surface area contributed by atoms with Crippen LogP contribution in [0.1, 0.15) is 25.8 Å². The topological polar surface area (TPSA) is 81.8 Å². The number of aromatic nitrogens is 4. The fourth-order valence-electron chi connectivity index (χ4n) is 3.12. The van der Waals surface area contributed by atoms with Gasteiger partial charge in [0.05, 0.1) is 24.0 Å². The maximum Gasteiger partial charge on any atom is 0.247 e. The van der Waals surface area contributed by atoms with Gasteiger partial charge in [0.1, 0.15) is 12.4 Å². The number of anilines is 1. The van der Waals surface area contributed by atoms with E-state index in [4.69, 9.17) is 0 Å². The van der Waals surface area contributed by atoms with E-state index < -0.39 is 0 Å². The van der Waals surface area contributed by atoms with Gasteiger partial charge < -0.3 is 5.32 Å². The average Bonchev–Trinajstić information content (AvgIpc) is 3.37. The van der Waals surface area contributed by atoms with Crippen molar-refractivity contribution in [3.63, 3.8) is 0 Å². The second-order valence-electron chi connectivity index (χ2n) is 6.47. The van der Waals surface area contributed by atoms with Gasteiger partial charge in [0.25, 0.3) is 0 Å². The van der Waals surface area contributed by atoms with Crippen LogP contribution in [0.25, 0.3) is 10.9 Å². The lowest BCUT2D eigenvalue weighted by atomic mass is 10.2. The molecule has 1 saturated carbocycles. The zero-order valence-electron chi connectivity index (χ0n) is 13.9. The molecule has 1 atom stereocenters. The summed E-state index contributed by atoms with van der Waals surface area (Å²) in [4.78, 5) is 24.4. The number of carbonyl (C=O) groups excluding carboxylic acids is 1. The minimum absolute atomic E-state index is 0.0315. The third kappa shape index (κ3) is 3.05. The first-order chi connectivity index (χ1) is 12.1. The minimum atomic E-state index is -0.203. The van der Waals surface area contributed by atoms with Crippen LogP contribution in [-0.4, -0.2) is 25.5 Å². The summed E-state index contributed by atoms with van der Waals surface area (Å²) in [6.07, 6.45) is 5.36. The zero-order valence-corrected chi connectivity index (χ0v) is 13.9. The average molecular weight is 337 g/mol. The molecule has 0 aliphatic heterocycles. The van der Waals surface area contributed by atoms with Crippen molar-refractivity contribution in [3.05, 3.63) is 52.9 Å². The number of hydrogen-bond acceptors (Lipinski definition) is 4. The van der Waals surface area contributed by atoms with Crippen molar-refractivity contribution in [1.29, 1.82) is 0 Å². The summed E-state index contributed by atoms with van der Waals surface area (Å²) in [6.45, 7) is 2.15. The molecule has 0 radical (unpaired) electrons. The van der Waals surface area contributed by atoms with Gasteiger partial charge in [0, 0.05) is 11.5 Å². The number of carbonyl (C=O) groups is 1. The second kappa shape index (κ2) is 6.16. The van der Waals surface area contributed by atoms with E-state index in [9.17, 15) is 9.59 Å². The second-order valence-corrected chi connectivity index (χ2v) is 6.47. The molecule has 1 aromatic carbocycles. The highest BCUT2D eigenvalue weighted by Crippen LogP contribution is 2.40. The lowest BCUT2D eigenvalue weighted by molar-refractivity contribution is -0.116. The molecule has 7 heteroatoms. The Balaban J connectivity index is 1.55. The first-order valence-electron chi connectivity index (χ1n) is 8.42. The van der Waals surface area contributed by atoms with Gasteiger partial charge in [-0.15, -0.1) is 0 Å². The van der Waals surface area contributed by atoms with Crippen LogP contribution >= 0.6 is 0 Å². The number of para-hydroxylation sites is 1. The van der Waals surface area contributed by atoms with Crippen molar-refractivity contribution in [1.82, 2.24) is 19.6 Å². The van der Waals surface area contributed by atoms with E-state index in [1.54, 1.807) is 30.5 Å². The molecule has 2 heterocycles.